The maximum absolute atomic E-state index is 12.8. The molecule has 1 heterocycles. The molecule has 1 aliphatic heterocycles. The second kappa shape index (κ2) is 45.3. The average Bonchev–Trinajstić information content (AvgIpc) is 3.79. The lowest BCUT2D eigenvalue weighted by molar-refractivity contribution is -0.115. The molecule has 4 nitrogen and oxygen atoms in total. The first-order chi connectivity index (χ1) is 30.0. The standard InChI is InChI=1S/C57H108N2O2/c1-5-9-13-15-19-28-41-55(42-29-20-16-14-10-6-2)46-47-57(61)45-32-22-18-24-35-49-58(52-53-59-50-36-37-51-59)48-34-23-17-21-31-43-56(60)44-33-25-30-40-54(38-26-11-7-3)39-27-12-8-4/h33,44,46-47,54-55H,5-32,34-43,45,48-53H2,1-4H3/b44-33-,47-46-. The molecule has 0 aromatic rings. The summed E-state index contributed by atoms with van der Waals surface area (Å²) in [5.74, 6) is 2.17. The van der Waals surface area contributed by atoms with Gasteiger partial charge in [-0.2, -0.15) is 0 Å². The maximum Gasteiger partial charge on any atom is 0.155 e. The molecule has 0 N–H and O–H groups in total. The van der Waals surface area contributed by atoms with Crippen LogP contribution in [0.25, 0.3) is 0 Å². The Morgan fingerprint density at radius 2 is 0.869 bits per heavy atom. The predicted octanol–water partition coefficient (Wildman–Crippen LogP) is 17.4. The highest BCUT2D eigenvalue weighted by Crippen LogP contribution is 2.24. The van der Waals surface area contributed by atoms with Crippen LogP contribution in [-0.4, -0.2) is 60.6 Å². The summed E-state index contributed by atoms with van der Waals surface area (Å²) in [6, 6.07) is 0. The molecule has 0 atom stereocenters. The second-order valence-corrected chi connectivity index (χ2v) is 19.8. The van der Waals surface area contributed by atoms with Gasteiger partial charge in [-0.25, -0.2) is 0 Å². The van der Waals surface area contributed by atoms with Crippen molar-refractivity contribution in [3.8, 4) is 0 Å². The van der Waals surface area contributed by atoms with E-state index in [2.05, 4.69) is 49.6 Å². The molecule has 0 unspecified atom stereocenters. The molecule has 0 amide bonds. The third-order valence-corrected chi connectivity index (χ3v) is 13.9. The van der Waals surface area contributed by atoms with E-state index in [1.54, 1.807) is 0 Å². The van der Waals surface area contributed by atoms with Crippen molar-refractivity contribution in [3.63, 3.8) is 0 Å². The van der Waals surface area contributed by atoms with Gasteiger partial charge < -0.3 is 9.80 Å². The number of hydrogen-bond acceptors (Lipinski definition) is 4. The molecule has 0 bridgehead atoms. The largest absolute Gasteiger partial charge is 0.302 e. The number of carbonyl (C=O) groups excluding carboxylic acids is 2. The first-order valence-corrected chi connectivity index (χ1v) is 27.9. The fourth-order valence-electron chi connectivity index (χ4n) is 9.61. The van der Waals surface area contributed by atoms with Crippen LogP contribution in [0.5, 0.6) is 0 Å². The summed E-state index contributed by atoms with van der Waals surface area (Å²) in [7, 11) is 0. The summed E-state index contributed by atoms with van der Waals surface area (Å²) >= 11 is 0. The Balaban J connectivity index is 2.28. The lowest BCUT2D eigenvalue weighted by atomic mass is 9.90. The van der Waals surface area contributed by atoms with E-state index in [1.165, 1.54) is 258 Å². The van der Waals surface area contributed by atoms with E-state index >= 15 is 0 Å². The summed E-state index contributed by atoms with van der Waals surface area (Å²) in [6.07, 6.45) is 58.0. The van der Waals surface area contributed by atoms with Crippen LogP contribution in [0, 0.1) is 11.8 Å². The van der Waals surface area contributed by atoms with Gasteiger partial charge in [-0.15, -0.1) is 0 Å². The van der Waals surface area contributed by atoms with Gasteiger partial charge in [0.05, 0.1) is 0 Å². The lowest BCUT2D eigenvalue weighted by Crippen LogP contribution is -2.35. The number of ketones is 2. The molecule has 0 radical (unpaired) electrons. The van der Waals surface area contributed by atoms with Crippen LogP contribution in [0.15, 0.2) is 24.3 Å². The fraction of sp³-hybridized carbons (Fsp3) is 0.895. The zero-order valence-electron chi connectivity index (χ0n) is 42.0. The molecule has 1 aliphatic rings. The molecule has 0 saturated carbocycles. The second-order valence-electron chi connectivity index (χ2n) is 19.8. The molecule has 358 valence electrons. The fourth-order valence-corrected chi connectivity index (χ4v) is 9.61. The zero-order valence-corrected chi connectivity index (χ0v) is 42.0. The molecule has 1 fully saturated rings. The summed E-state index contributed by atoms with van der Waals surface area (Å²) in [5.41, 5.74) is 0. The van der Waals surface area contributed by atoms with Crippen molar-refractivity contribution in [2.75, 3.05) is 39.3 Å². The lowest BCUT2D eigenvalue weighted by Gasteiger charge is -2.25. The van der Waals surface area contributed by atoms with Crippen molar-refractivity contribution >= 4 is 11.6 Å². The molecule has 0 aliphatic carbocycles. The third kappa shape index (κ3) is 38.9. The van der Waals surface area contributed by atoms with Crippen molar-refractivity contribution < 1.29 is 9.59 Å². The van der Waals surface area contributed by atoms with Crippen LogP contribution in [-0.2, 0) is 9.59 Å². The summed E-state index contributed by atoms with van der Waals surface area (Å²) in [4.78, 5) is 30.8. The van der Waals surface area contributed by atoms with Gasteiger partial charge in [0.15, 0.2) is 11.6 Å². The van der Waals surface area contributed by atoms with Gasteiger partial charge in [-0.1, -0.05) is 213 Å². The normalized spacial score (nSPS) is 13.8. The van der Waals surface area contributed by atoms with Gasteiger partial charge in [-0.05, 0) is 114 Å². The van der Waals surface area contributed by atoms with Crippen molar-refractivity contribution in [3.05, 3.63) is 24.3 Å². The Bertz CT molecular complexity index is 973. The molecule has 1 rings (SSSR count). The van der Waals surface area contributed by atoms with Crippen LogP contribution < -0.4 is 0 Å². The van der Waals surface area contributed by atoms with E-state index in [4.69, 9.17) is 0 Å². The van der Waals surface area contributed by atoms with Gasteiger partial charge in [0.1, 0.15) is 0 Å². The molecular weight excluding hydrogens is 745 g/mol. The number of unbranched alkanes of at least 4 members (excludes halogenated alkanes) is 23. The zero-order chi connectivity index (χ0) is 44.1. The summed E-state index contributed by atoms with van der Waals surface area (Å²) in [6.45, 7) is 16.6. The van der Waals surface area contributed by atoms with Crippen LogP contribution in [0.2, 0.25) is 0 Å². The number of carbonyl (C=O) groups is 2. The van der Waals surface area contributed by atoms with Crippen LogP contribution >= 0.6 is 0 Å². The Morgan fingerprint density at radius 1 is 0.459 bits per heavy atom. The molecule has 0 aromatic heterocycles. The molecule has 0 aromatic carbocycles. The smallest absolute Gasteiger partial charge is 0.155 e. The van der Waals surface area contributed by atoms with Gasteiger partial charge in [0.25, 0.3) is 0 Å². The topological polar surface area (TPSA) is 40.6 Å². The minimum Gasteiger partial charge on any atom is -0.302 e. The van der Waals surface area contributed by atoms with Crippen molar-refractivity contribution in [2.45, 2.75) is 278 Å². The Hall–Kier alpha value is -1.26. The predicted molar refractivity (Wildman–Crippen MR) is 271 cm³/mol. The monoisotopic (exact) mass is 853 g/mol. The number of likely N-dealkylation sites (tertiary alicyclic amines) is 1. The number of allylic oxidation sites excluding steroid dienone is 4. The molecule has 0 spiro atoms. The number of hydrogen-bond donors (Lipinski definition) is 0. The van der Waals surface area contributed by atoms with Crippen LogP contribution in [0.4, 0.5) is 0 Å². The Labute approximate surface area is 383 Å². The van der Waals surface area contributed by atoms with Crippen LogP contribution in [0.3, 0.4) is 0 Å². The Kier molecular flexibility index (Phi) is 42.9. The number of rotatable bonds is 48. The van der Waals surface area contributed by atoms with Crippen LogP contribution in [0.1, 0.15) is 278 Å². The van der Waals surface area contributed by atoms with E-state index in [9.17, 15) is 9.59 Å². The molecule has 61 heavy (non-hydrogen) atoms. The van der Waals surface area contributed by atoms with E-state index < -0.39 is 0 Å². The highest BCUT2D eigenvalue weighted by molar-refractivity contribution is 5.89. The summed E-state index contributed by atoms with van der Waals surface area (Å²) < 4.78 is 0. The van der Waals surface area contributed by atoms with Gasteiger partial charge in [-0.3, -0.25) is 9.59 Å². The van der Waals surface area contributed by atoms with Crippen molar-refractivity contribution in [1.29, 1.82) is 0 Å². The first-order valence-electron chi connectivity index (χ1n) is 27.9. The van der Waals surface area contributed by atoms with Gasteiger partial charge in [0.2, 0.25) is 0 Å². The Morgan fingerprint density at radius 3 is 1.39 bits per heavy atom. The molecular formula is C57H108N2O2. The maximum atomic E-state index is 12.8. The average molecular weight is 854 g/mol. The molecule has 4 heteroatoms. The van der Waals surface area contributed by atoms with Gasteiger partial charge in [0, 0.05) is 25.9 Å². The SMILES string of the molecule is CCCCCCCCC(/C=C\C(=O)CCCCCCCN(CCCCCCCC(=O)/C=C\CCCC(CCCCC)CCCCC)CCN1CCCC1)CCCCCCCC. The van der Waals surface area contributed by atoms with E-state index in [0.29, 0.717) is 17.5 Å². The van der Waals surface area contributed by atoms with E-state index in [1.807, 2.05) is 12.2 Å². The quantitative estimate of drug-likeness (QED) is 0.0452. The van der Waals surface area contributed by atoms with E-state index in [0.717, 1.165) is 38.0 Å². The van der Waals surface area contributed by atoms with Crippen molar-refractivity contribution in [1.82, 2.24) is 9.80 Å². The minimum absolute atomic E-state index is 0.334. The number of nitrogens with zero attached hydrogens (tertiary/aromatic N) is 2. The molecule has 1 saturated heterocycles. The van der Waals surface area contributed by atoms with Gasteiger partial charge >= 0.3 is 0 Å². The highest BCUT2D eigenvalue weighted by atomic mass is 16.1. The first kappa shape index (κ1) is 57.8. The highest BCUT2D eigenvalue weighted by Gasteiger charge is 2.14. The van der Waals surface area contributed by atoms with Crippen molar-refractivity contribution in [2.24, 2.45) is 11.8 Å². The van der Waals surface area contributed by atoms with E-state index in [-0.39, 0.29) is 0 Å². The summed E-state index contributed by atoms with van der Waals surface area (Å²) in [5, 5.41) is 0. The minimum atomic E-state index is 0.334. The third-order valence-electron chi connectivity index (χ3n) is 13.9.